The van der Waals surface area contributed by atoms with Crippen LogP contribution in [0.5, 0.6) is 0 Å². The molecular formula is C14H17ClN4O. The van der Waals surface area contributed by atoms with Gasteiger partial charge in [-0.15, -0.1) is 10.2 Å². The molecule has 1 fully saturated rings. The summed E-state index contributed by atoms with van der Waals surface area (Å²) in [7, 11) is 0. The first-order chi connectivity index (χ1) is 9.79. The summed E-state index contributed by atoms with van der Waals surface area (Å²) in [5.74, 6) is 0.776. The van der Waals surface area contributed by atoms with Crippen molar-refractivity contribution in [2.75, 3.05) is 11.9 Å². The molecule has 1 N–H and O–H groups in total. The SMILES string of the molecule is N#C[C@@H]1CCCC[C@H]1Nc1nnc(Cl)c2c1COCC2. The summed E-state index contributed by atoms with van der Waals surface area (Å²) in [6.07, 6.45) is 5.00. The molecule has 0 saturated heterocycles. The number of nitrogens with zero attached hydrogens (tertiary/aromatic N) is 3. The number of nitrogens with one attached hydrogen (secondary N) is 1. The second-order valence-electron chi connectivity index (χ2n) is 5.37. The fraction of sp³-hybridized carbons (Fsp3) is 0.643. The van der Waals surface area contributed by atoms with Gasteiger partial charge in [0, 0.05) is 17.2 Å². The van der Waals surface area contributed by atoms with Gasteiger partial charge in [-0.05, 0) is 19.3 Å². The number of ether oxygens (including phenoxy) is 1. The van der Waals surface area contributed by atoms with E-state index in [9.17, 15) is 5.26 Å². The summed E-state index contributed by atoms with van der Waals surface area (Å²) < 4.78 is 5.50. The minimum absolute atomic E-state index is 0.0430. The van der Waals surface area contributed by atoms with E-state index in [0.717, 1.165) is 49.0 Å². The number of aromatic nitrogens is 2. The second-order valence-corrected chi connectivity index (χ2v) is 5.73. The molecule has 0 bridgehead atoms. The maximum Gasteiger partial charge on any atom is 0.155 e. The summed E-state index contributed by atoms with van der Waals surface area (Å²) in [5, 5.41) is 21.3. The van der Waals surface area contributed by atoms with Crippen molar-refractivity contribution in [2.24, 2.45) is 5.92 Å². The first kappa shape index (κ1) is 13.6. The van der Waals surface area contributed by atoms with E-state index in [1.807, 2.05) is 0 Å². The predicted octanol–water partition coefficient (Wildman–Crippen LogP) is 2.70. The molecule has 5 nitrogen and oxygen atoms in total. The molecule has 0 unspecified atom stereocenters. The van der Waals surface area contributed by atoms with E-state index >= 15 is 0 Å². The van der Waals surface area contributed by atoms with Crippen molar-refractivity contribution in [1.29, 1.82) is 5.26 Å². The van der Waals surface area contributed by atoms with Crippen LogP contribution in [0.15, 0.2) is 0 Å². The lowest BCUT2D eigenvalue weighted by Gasteiger charge is -2.29. The Kier molecular flexibility index (Phi) is 4.04. The van der Waals surface area contributed by atoms with Crippen LogP contribution in [0.3, 0.4) is 0 Å². The van der Waals surface area contributed by atoms with Crippen LogP contribution in [0, 0.1) is 17.2 Å². The van der Waals surface area contributed by atoms with Gasteiger partial charge in [0.2, 0.25) is 0 Å². The Balaban J connectivity index is 1.85. The number of hydrogen-bond acceptors (Lipinski definition) is 5. The van der Waals surface area contributed by atoms with Gasteiger partial charge in [-0.1, -0.05) is 24.4 Å². The lowest BCUT2D eigenvalue weighted by atomic mass is 9.85. The average Bonchev–Trinajstić information content (AvgIpc) is 2.51. The van der Waals surface area contributed by atoms with Crippen molar-refractivity contribution in [1.82, 2.24) is 10.2 Å². The smallest absolute Gasteiger partial charge is 0.155 e. The minimum Gasteiger partial charge on any atom is -0.376 e. The highest BCUT2D eigenvalue weighted by molar-refractivity contribution is 6.30. The number of fused-ring (bicyclic) bond motifs is 1. The fourth-order valence-electron chi connectivity index (χ4n) is 2.99. The van der Waals surface area contributed by atoms with Crippen molar-refractivity contribution in [3.05, 3.63) is 16.3 Å². The highest BCUT2D eigenvalue weighted by Gasteiger charge is 2.27. The molecule has 1 aliphatic carbocycles. The van der Waals surface area contributed by atoms with Gasteiger partial charge in [0.25, 0.3) is 0 Å². The Morgan fingerprint density at radius 2 is 2.10 bits per heavy atom. The number of halogens is 1. The molecule has 106 valence electrons. The lowest BCUT2D eigenvalue weighted by molar-refractivity contribution is 0.110. The van der Waals surface area contributed by atoms with Gasteiger partial charge in [0.15, 0.2) is 11.0 Å². The molecule has 1 saturated carbocycles. The molecule has 2 heterocycles. The molecule has 1 aromatic heterocycles. The van der Waals surface area contributed by atoms with Crippen molar-refractivity contribution in [2.45, 2.75) is 44.8 Å². The summed E-state index contributed by atoms with van der Waals surface area (Å²) >= 11 is 6.10. The molecule has 20 heavy (non-hydrogen) atoms. The monoisotopic (exact) mass is 292 g/mol. The topological polar surface area (TPSA) is 70.8 Å². The highest BCUT2D eigenvalue weighted by atomic mass is 35.5. The zero-order valence-corrected chi connectivity index (χ0v) is 12.0. The summed E-state index contributed by atoms with van der Waals surface area (Å²) in [5.41, 5.74) is 2.03. The minimum atomic E-state index is 0.0430. The number of hydrogen-bond donors (Lipinski definition) is 1. The van der Waals surface area contributed by atoms with E-state index in [-0.39, 0.29) is 12.0 Å². The van der Waals surface area contributed by atoms with Crippen molar-refractivity contribution < 1.29 is 4.74 Å². The van der Waals surface area contributed by atoms with Gasteiger partial charge in [0.1, 0.15) is 0 Å². The molecule has 2 atom stereocenters. The standard InChI is InChI=1S/C14H17ClN4O/c15-13-10-5-6-20-8-11(10)14(19-18-13)17-12-4-2-1-3-9(12)7-16/h9,12H,1-6,8H2,(H,17,19)/t9-,12+/m0/s1. The van der Waals surface area contributed by atoms with E-state index in [4.69, 9.17) is 16.3 Å². The van der Waals surface area contributed by atoms with Crippen LogP contribution >= 0.6 is 11.6 Å². The highest BCUT2D eigenvalue weighted by Crippen LogP contribution is 2.31. The zero-order chi connectivity index (χ0) is 13.9. The molecule has 1 aliphatic heterocycles. The molecule has 1 aromatic rings. The van der Waals surface area contributed by atoms with Gasteiger partial charge < -0.3 is 10.1 Å². The third-order valence-corrected chi connectivity index (χ3v) is 4.44. The summed E-state index contributed by atoms with van der Waals surface area (Å²) in [6.45, 7) is 1.18. The lowest BCUT2D eigenvalue weighted by Crippen LogP contribution is -2.32. The molecular weight excluding hydrogens is 276 g/mol. The van der Waals surface area contributed by atoms with Gasteiger partial charge in [-0.3, -0.25) is 0 Å². The molecule has 0 radical (unpaired) electrons. The first-order valence-corrected chi connectivity index (χ1v) is 7.45. The maximum atomic E-state index is 9.25. The second kappa shape index (κ2) is 5.94. The third kappa shape index (κ3) is 2.58. The van der Waals surface area contributed by atoms with Crippen LogP contribution in [0.2, 0.25) is 5.15 Å². The van der Waals surface area contributed by atoms with Gasteiger partial charge in [0.05, 0.1) is 25.2 Å². The van der Waals surface area contributed by atoms with Gasteiger partial charge in [-0.2, -0.15) is 5.26 Å². The van der Waals surface area contributed by atoms with Gasteiger partial charge >= 0.3 is 0 Å². The van der Waals surface area contributed by atoms with E-state index in [1.165, 1.54) is 0 Å². The Morgan fingerprint density at radius 1 is 1.25 bits per heavy atom. The summed E-state index contributed by atoms with van der Waals surface area (Å²) in [4.78, 5) is 0. The zero-order valence-electron chi connectivity index (χ0n) is 11.2. The van der Waals surface area contributed by atoms with Crippen LogP contribution in [-0.4, -0.2) is 22.8 Å². The normalized spacial score (nSPS) is 25.6. The molecule has 6 heteroatoms. The van der Waals surface area contributed by atoms with E-state index < -0.39 is 0 Å². The van der Waals surface area contributed by atoms with Crippen LogP contribution in [0.4, 0.5) is 5.82 Å². The molecule has 3 rings (SSSR count). The van der Waals surface area contributed by atoms with Gasteiger partial charge in [-0.25, -0.2) is 0 Å². The largest absolute Gasteiger partial charge is 0.376 e. The summed E-state index contributed by atoms with van der Waals surface area (Å²) in [6, 6.07) is 2.55. The fourth-order valence-corrected chi connectivity index (χ4v) is 3.24. The number of nitriles is 1. The molecule has 2 aliphatic rings. The first-order valence-electron chi connectivity index (χ1n) is 7.07. The van der Waals surface area contributed by atoms with Crippen LogP contribution in [0.1, 0.15) is 36.8 Å². The van der Waals surface area contributed by atoms with Crippen LogP contribution < -0.4 is 5.32 Å². The van der Waals surface area contributed by atoms with E-state index in [0.29, 0.717) is 18.4 Å². The molecule has 0 amide bonds. The Morgan fingerprint density at radius 3 is 2.95 bits per heavy atom. The number of anilines is 1. The Bertz CT molecular complexity index is 543. The average molecular weight is 293 g/mol. The predicted molar refractivity (Wildman–Crippen MR) is 75.4 cm³/mol. The van der Waals surface area contributed by atoms with E-state index in [2.05, 4.69) is 21.6 Å². The van der Waals surface area contributed by atoms with Crippen molar-refractivity contribution >= 4 is 17.4 Å². The van der Waals surface area contributed by atoms with Crippen LogP contribution in [0.25, 0.3) is 0 Å². The maximum absolute atomic E-state index is 9.25. The Labute approximate surface area is 123 Å². The van der Waals surface area contributed by atoms with Crippen molar-refractivity contribution in [3.63, 3.8) is 0 Å². The Hall–Kier alpha value is -1.38. The quantitative estimate of drug-likeness (QED) is 0.907. The molecule has 0 aromatic carbocycles. The third-order valence-electron chi connectivity index (χ3n) is 4.13. The van der Waals surface area contributed by atoms with Crippen molar-refractivity contribution in [3.8, 4) is 6.07 Å². The van der Waals surface area contributed by atoms with Crippen LogP contribution in [-0.2, 0) is 17.8 Å². The molecule has 0 spiro atoms. The van der Waals surface area contributed by atoms with E-state index in [1.54, 1.807) is 0 Å². The number of rotatable bonds is 2.